The molecule has 4 heteroatoms. The van der Waals surface area contributed by atoms with Gasteiger partial charge in [-0.3, -0.25) is 4.79 Å². The summed E-state index contributed by atoms with van der Waals surface area (Å²) < 4.78 is 11.0. The lowest BCUT2D eigenvalue weighted by atomic mass is 10.0. The van der Waals surface area contributed by atoms with E-state index in [0.717, 1.165) is 11.3 Å². The van der Waals surface area contributed by atoms with Crippen LogP contribution in [0.25, 0.3) is 0 Å². The van der Waals surface area contributed by atoms with Crippen molar-refractivity contribution in [3.8, 4) is 5.75 Å². The van der Waals surface area contributed by atoms with Gasteiger partial charge in [0.25, 0.3) is 0 Å². The highest BCUT2D eigenvalue weighted by Gasteiger charge is 2.26. The quantitative estimate of drug-likeness (QED) is 0.362. The summed E-state index contributed by atoms with van der Waals surface area (Å²) in [5.74, 6) is 0.436. The predicted molar refractivity (Wildman–Crippen MR) is 84.1 cm³/mol. The van der Waals surface area contributed by atoms with Crippen LogP contribution in [0.5, 0.6) is 5.75 Å². The van der Waals surface area contributed by atoms with Crippen LogP contribution >= 0.6 is 0 Å². The Balaban J connectivity index is 1.97. The Kier molecular flexibility index (Phi) is 4.81. The molecule has 0 saturated carbocycles. The van der Waals surface area contributed by atoms with E-state index in [1.165, 1.54) is 6.92 Å². The van der Waals surface area contributed by atoms with Crippen LogP contribution in [0.2, 0.25) is 0 Å². The number of hydrogen-bond donors (Lipinski definition) is 0. The Morgan fingerprint density at radius 2 is 2.14 bits per heavy atom. The summed E-state index contributed by atoms with van der Waals surface area (Å²) in [7, 11) is 0. The normalized spacial score (nSPS) is 16.7. The lowest BCUT2D eigenvalue weighted by Crippen LogP contribution is -2.20. The molecule has 0 bridgehead atoms. The van der Waals surface area contributed by atoms with Crippen molar-refractivity contribution < 1.29 is 19.1 Å². The third-order valence-corrected chi connectivity index (χ3v) is 3.74. The molecule has 0 saturated heterocycles. The lowest BCUT2D eigenvalue weighted by molar-refractivity contribution is -0.138. The zero-order valence-corrected chi connectivity index (χ0v) is 13.1. The Morgan fingerprint density at radius 3 is 2.77 bits per heavy atom. The van der Waals surface area contributed by atoms with Gasteiger partial charge < -0.3 is 9.47 Å². The molecule has 1 unspecified atom stereocenters. The highest BCUT2D eigenvalue weighted by Crippen LogP contribution is 2.32. The molecular formula is C18H20O4. The second kappa shape index (κ2) is 6.60. The molecule has 2 rings (SSSR count). The maximum Gasteiger partial charge on any atom is 0.333 e. The average molecular weight is 300 g/mol. The molecule has 22 heavy (non-hydrogen) atoms. The van der Waals surface area contributed by atoms with Gasteiger partial charge in [-0.1, -0.05) is 12.7 Å². The minimum absolute atomic E-state index is 0.0286. The SMILES string of the molecule is C=C(COC(=O)C(C)=CC)C1Cc2cc(C(C)=O)ccc2O1. The van der Waals surface area contributed by atoms with Crippen molar-refractivity contribution in [2.24, 2.45) is 0 Å². The predicted octanol–water partition coefficient (Wildman–Crippen LogP) is 3.26. The molecule has 1 aromatic rings. The molecule has 0 spiro atoms. The first kappa shape index (κ1) is 16.0. The molecular weight excluding hydrogens is 280 g/mol. The largest absolute Gasteiger partial charge is 0.485 e. The Morgan fingerprint density at radius 1 is 1.41 bits per heavy atom. The van der Waals surface area contributed by atoms with Gasteiger partial charge in [0.05, 0.1) is 0 Å². The van der Waals surface area contributed by atoms with Crippen LogP contribution in [0.1, 0.15) is 36.7 Å². The minimum Gasteiger partial charge on any atom is -0.485 e. The number of benzene rings is 1. The van der Waals surface area contributed by atoms with Crippen molar-refractivity contribution in [1.82, 2.24) is 0 Å². The number of ketones is 1. The Labute approximate surface area is 130 Å². The molecule has 0 aliphatic carbocycles. The van der Waals surface area contributed by atoms with E-state index in [1.807, 2.05) is 6.07 Å². The Hall–Kier alpha value is -2.36. The van der Waals surface area contributed by atoms with E-state index in [2.05, 4.69) is 6.58 Å². The van der Waals surface area contributed by atoms with Crippen LogP contribution in [0.15, 0.2) is 42.0 Å². The first-order chi connectivity index (χ1) is 10.4. The van der Waals surface area contributed by atoms with Crippen LogP contribution in [-0.2, 0) is 16.0 Å². The fourth-order valence-electron chi connectivity index (χ4n) is 2.18. The monoisotopic (exact) mass is 300 g/mol. The highest BCUT2D eigenvalue weighted by molar-refractivity contribution is 5.94. The van der Waals surface area contributed by atoms with Crippen LogP contribution in [0, 0.1) is 0 Å². The van der Waals surface area contributed by atoms with Gasteiger partial charge in [0.1, 0.15) is 18.5 Å². The molecule has 1 aliphatic heterocycles. The molecule has 1 atom stereocenters. The van der Waals surface area contributed by atoms with Gasteiger partial charge >= 0.3 is 5.97 Å². The molecule has 0 fully saturated rings. The summed E-state index contributed by atoms with van der Waals surface area (Å²) in [4.78, 5) is 23.0. The van der Waals surface area contributed by atoms with Gasteiger partial charge in [-0.15, -0.1) is 0 Å². The zero-order chi connectivity index (χ0) is 16.3. The van der Waals surface area contributed by atoms with Crippen molar-refractivity contribution in [3.63, 3.8) is 0 Å². The number of carbonyl (C=O) groups is 2. The van der Waals surface area contributed by atoms with Crippen LogP contribution in [-0.4, -0.2) is 24.5 Å². The Bertz CT molecular complexity index is 655. The summed E-state index contributed by atoms with van der Waals surface area (Å²) in [6.07, 6.45) is 2.11. The molecule has 0 amide bonds. The lowest BCUT2D eigenvalue weighted by Gasteiger charge is -2.14. The molecule has 1 aromatic carbocycles. The number of esters is 1. The highest BCUT2D eigenvalue weighted by atomic mass is 16.5. The van der Waals surface area contributed by atoms with Crippen molar-refractivity contribution in [2.45, 2.75) is 33.3 Å². The molecule has 0 radical (unpaired) electrons. The number of allylic oxidation sites excluding steroid dienone is 1. The first-order valence-electron chi connectivity index (χ1n) is 7.20. The van der Waals surface area contributed by atoms with E-state index < -0.39 is 0 Å². The van der Waals surface area contributed by atoms with E-state index in [9.17, 15) is 9.59 Å². The summed E-state index contributed by atoms with van der Waals surface area (Å²) in [5.41, 5.74) is 2.92. The van der Waals surface area contributed by atoms with Crippen molar-refractivity contribution in [3.05, 3.63) is 53.1 Å². The molecule has 1 aliphatic rings. The van der Waals surface area contributed by atoms with Gasteiger partial charge in [-0.25, -0.2) is 4.79 Å². The van der Waals surface area contributed by atoms with E-state index in [4.69, 9.17) is 9.47 Å². The summed E-state index contributed by atoms with van der Waals surface area (Å²) in [5, 5.41) is 0. The third-order valence-electron chi connectivity index (χ3n) is 3.74. The van der Waals surface area contributed by atoms with Crippen molar-refractivity contribution >= 4 is 11.8 Å². The second-order valence-electron chi connectivity index (χ2n) is 5.40. The minimum atomic E-state index is -0.349. The van der Waals surface area contributed by atoms with Gasteiger partial charge in [0.2, 0.25) is 0 Å². The summed E-state index contributed by atoms with van der Waals surface area (Å²) in [6.45, 7) is 9.10. The summed E-state index contributed by atoms with van der Waals surface area (Å²) in [6, 6.07) is 5.40. The van der Waals surface area contributed by atoms with Crippen LogP contribution in [0.4, 0.5) is 0 Å². The number of rotatable bonds is 5. The molecule has 0 aromatic heterocycles. The molecule has 0 N–H and O–H groups in total. The van der Waals surface area contributed by atoms with E-state index in [-0.39, 0.29) is 24.5 Å². The maximum absolute atomic E-state index is 11.6. The topological polar surface area (TPSA) is 52.6 Å². The fourth-order valence-corrected chi connectivity index (χ4v) is 2.18. The van der Waals surface area contributed by atoms with E-state index in [0.29, 0.717) is 23.1 Å². The number of ether oxygens (including phenoxy) is 2. The smallest absolute Gasteiger partial charge is 0.333 e. The molecule has 1 heterocycles. The van der Waals surface area contributed by atoms with Crippen molar-refractivity contribution in [1.29, 1.82) is 0 Å². The van der Waals surface area contributed by atoms with E-state index in [1.54, 1.807) is 32.1 Å². The van der Waals surface area contributed by atoms with Gasteiger partial charge in [-0.05, 0) is 44.5 Å². The van der Waals surface area contributed by atoms with Gasteiger partial charge in [-0.2, -0.15) is 0 Å². The zero-order valence-electron chi connectivity index (χ0n) is 13.1. The van der Waals surface area contributed by atoms with Crippen LogP contribution in [0.3, 0.4) is 0 Å². The number of fused-ring (bicyclic) bond motifs is 1. The van der Waals surface area contributed by atoms with Crippen molar-refractivity contribution in [2.75, 3.05) is 6.61 Å². The number of Topliss-reactive ketones (excluding diaryl/α,β-unsaturated/α-hetero) is 1. The number of hydrogen-bond acceptors (Lipinski definition) is 4. The average Bonchev–Trinajstić information content (AvgIpc) is 2.94. The van der Waals surface area contributed by atoms with E-state index >= 15 is 0 Å². The van der Waals surface area contributed by atoms with Crippen LogP contribution < -0.4 is 4.74 Å². The third kappa shape index (κ3) is 3.45. The second-order valence-corrected chi connectivity index (χ2v) is 5.40. The summed E-state index contributed by atoms with van der Waals surface area (Å²) >= 11 is 0. The molecule has 4 nitrogen and oxygen atoms in total. The number of carbonyl (C=O) groups excluding carboxylic acids is 2. The van der Waals surface area contributed by atoms with Gasteiger partial charge in [0.15, 0.2) is 5.78 Å². The fraction of sp³-hybridized carbons (Fsp3) is 0.333. The molecule has 116 valence electrons. The van der Waals surface area contributed by atoms with Gasteiger partial charge in [0, 0.05) is 23.1 Å². The standard InChI is InChI=1S/C18H20O4/c1-5-11(2)18(20)21-10-12(3)17-9-15-8-14(13(4)19)6-7-16(15)22-17/h5-8,17H,3,9-10H2,1-2,4H3. The maximum atomic E-state index is 11.6. The first-order valence-corrected chi connectivity index (χ1v) is 7.20.